The summed E-state index contributed by atoms with van der Waals surface area (Å²) in [6.07, 6.45) is 15.2. The van der Waals surface area contributed by atoms with Crippen molar-refractivity contribution in [2.24, 2.45) is 21.1 Å². The third kappa shape index (κ3) is 16.2. The van der Waals surface area contributed by atoms with E-state index >= 15 is 0 Å². The van der Waals surface area contributed by atoms with E-state index in [0.717, 1.165) is 133 Å². The van der Waals surface area contributed by atoms with Crippen LogP contribution in [-0.2, 0) is 50.2 Å². The van der Waals surface area contributed by atoms with Crippen LogP contribution < -0.4 is 28.4 Å². The van der Waals surface area contributed by atoms with Crippen molar-refractivity contribution in [3.8, 4) is 85.1 Å². The van der Waals surface area contributed by atoms with Gasteiger partial charge >= 0.3 is 0 Å². The first kappa shape index (κ1) is 84.5. The number of pyridine rings is 1. The van der Waals surface area contributed by atoms with Gasteiger partial charge in [0.1, 0.15) is 62.8 Å². The van der Waals surface area contributed by atoms with Crippen LogP contribution >= 0.6 is 11.6 Å². The first-order valence-electron chi connectivity index (χ1n) is 43.6. The van der Waals surface area contributed by atoms with Gasteiger partial charge in [0.15, 0.2) is 5.60 Å². The van der Waals surface area contributed by atoms with Gasteiger partial charge in [-0.1, -0.05) is 84.4 Å². The fourth-order valence-corrected chi connectivity index (χ4v) is 19.6. The van der Waals surface area contributed by atoms with Crippen molar-refractivity contribution in [2.45, 2.75) is 134 Å². The molecule has 25 heteroatoms. The van der Waals surface area contributed by atoms with Crippen LogP contribution in [0.4, 0.5) is 4.39 Å². The van der Waals surface area contributed by atoms with Gasteiger partial charge in [0, 0.05) is 222 Å². The number of ether oxygens (including phenoxy) is 6. The summed E-state index contributed by atoms with van der Waals surface area (Å²) in [4.78, 5) is 64.5. The van der Waals surface area contributed by atoms with Crippen LogP contribution in [0.1, 0.15) is 160 Å². The maximum absolute atomic E-state index is 13.5. The van der Waals surface area contributed by atoms with Gasteiger partial charge in [0.25, 0.3) is 23.6 Å². The lowest BCUT2D eigenvalue weighted by Gasteiger charge is -2.45. The predicted octanol–water partition coefficient (Wildman–Crippen LogP) is 18.4. The van der Waals surface area contributed by atoms with Gasteiger partial charge in [-0.05, 0) is 174 Å². The van der Waals surface area contributed by atoms with Crippen LogP contribution in [-0.4, -0.2) is 152 Å². The average Bonchev–Trinajstić information content (AvgIpc) is 1.66. The Hall–Kier alpha value is -13.3. The zero-order valence-corrected chi connectivity index (χ0v) is 73.5. The molecule has 8 aliphatic rings. The second kappa shape index (κ2) is 34.6. The Bertz CT molecular complexity index is 6340. The highest BCUT2D eigenvalue weighted by atomic mass is 35.5. The summed E-state index contributed by atoms with van der Waals surface area (Å²) in [5.74, 6) is 4.29. The molecule has 0 radical (unpaired) electrons. The smallest absolute Gasteiger partial charge is 0.255 e. The zero-order valence-electron chi connectivity index (χ0n) is 72.8. The number of hydrogen-bond acceptors (Lipinski definition) is 15. The van der Waals surface area contributed by atoms with E-state index in [1.54, 1.807) is 47.6 Å². The van der Waals surface area contributed by atoms with Crippen molar-refractivity contribution in [1.29, 1.82) is 0 Å². The summed E-state index contributed by atoms with van der Waals surface area (Å²) >= 11 is 6.18. The van der Waals surface area contributed by atoms with Crippen LogP contribution in [0.15, 0.2) is 231 Å². The molecule has 4 amide bonds. The summed E-state index contributed by atoms with van der Waals surface area (Å²) < 4.78 is 59.3. The fourth-order valence-electron chi connectivity index (χ4n) is 19.5. The number of carbonyl (C=O) groups is 4. The van der Waals surface area contributed by atoms with E-state index in [1.165, 1.54) is 17.7 Å². The van der Waals surface area contributed by atoms with Gasteiger partial charge in [-0.25, -0.2) is 4.39 Å². The average molecular weight is 1730 g/mol. The molecule has 8 aromatic carbocycles. The van der Waals surface area contributed by atoms with Crippen LogP contribution in [0.5, 0.6) is 34.5 Å². The number of amides is 4. The normalized spacial score (nSPS) is 16.4. The number of nitrogens with zero attached hydrogens (tertiary/aromatic N) is 12. The summed E-state index contributed by atoms with van der Waals surface area (Å²) in [5.41, 5.74) is 16.7. The predicted molar refractivity (Wildman–Crippen MR) is 482 cm³/mol. The van der Waals surface area contributed by atoms with E-state index < -0.39 is 28.2 Å². The zero-order chi connectivity index (χ0) is 88.2. The van der Waals surface area contributed by atoms with Gasteiger partial charge in [-0.15, -0.1) is 0 Å². The molecule has 4 fully saturated rings. The molecule has 21 rings (SSSR count). The number of carbonyl (C=O) groups excluding carboxylic acids is 4. The molecule has 5 aromatic heterocycles. The molecule has 1 N–H and O–H groups in total. The van der Waals surface area contributed by atoms with Gasteiger partial charge in [0.05, 0.1) is 59.0 Å². The Balaban J connectivity index is 0.000000115. The van der Waals surface area contributed by atoms with Crippen molar-refractivity contribution in [2.75, 3.05) is 52.4 Å². The largest absolute Gasteiger partial charge is 0.491 e. The quantitative estimate of drug-likeness (QED) is 0.134. The lowest BCUT2D eigenvalue weighted by molar-refractivity contribution is -0.00941. The number of rotatable bonds is 10. The number of aliphatic hydroxyl groups is 1. The first-order valence-corrected chi connectivity index (χ1v) is 44.0. The van der Waals surface area contributed by atoms with E-state index in [2.05, 4.69) is 39.8 Å². The number of hydrogen-bond donors (Lipinski definition) is 1. The molecule has 0 aliphatic carbocycles. The topological polar surface area (TPSA) is 228 Å². The van der Waals surface area contributed by atoms with Crippen molar-refractivity contribution in [1.82, 2.24) is 58.5 Å². The Kier molecular flexibility index (Phi) is 23.0. The Labute approximate surface area is 742 Å². The highest BCUT2D eigenvalue weighted by Crippen LogP contribution is 2.54. The van der Waals surface area contributed by atoms with Crippen molar-refractivity contribution in [3.63, 3.8) is 0 Å². The molecular formula is C102H102ClFN12O11. The number of fused-ring (bicyclic) bond motifs is 16. The van der Waals surface area contributed by atoms with Crippen molar-refractivity contribution in [3.05, 3.63) is 303 Å². The minimum absolute atomic E-state index is 0.00636. The third-order valence-corrected chi connectivity index (χ3v) is 25.9. The maximum Gasteiger partial charge on any atom is 0.255 e. The Morgan fingerprint density at radius 3 is 1.60 bits per heavy atom. The number of piperidine rings is 4. The Morgan fingerprint density at radius 1 is 0.472 bits per heavy atom. The molecule has 0 unspecified atom stereocenters. The molecule has 8 aliphatic heterocycles. The van der Waals surface area contributed by atoms with Gasteiger partial charge in [-0.2, -0.15) is 15.3 Å². The number of likely N-dealkylation sites (tertiary alicyclic amines) is 4. The summed E-state index contributed by atoms with van der Waals surface area (Å²) in [5, 5.41) is 24.4. The lowest BCUT2D eigenvalue weighted by atomic mass is 9.79. The van der Waals surface area contributed by atoms with Crippen LogP contribution in [0.25, 0.3) is 50.6 Å². The molecule has 4 saturated heterocycles. The molecule has 13 aromatic rings. The second-order valence-corrected chi connectivity index (χ2v) is 35.0. The molecule has 4 spiro atoms. The number of aliphatic hydroxyl groups excluding tert-OH is 1. The summed E-state index contributed by atoms with van der Waals surface area (Å²) in [6, 6.07) is 62.8. The molecule has 23 nitrogen and oxygen atoms in total. The number of benzene rings is 8. The SMILES string of the molecule is CC(C)Oc1ccc(C(=O)N2CCC3(CC2)Oc2ccccc2-c2nn(C)cc23)cc1CO.Cc1cc(C(=O)N2CCC3(CC2)Oc2ccccc2-c2c3c(C)nn2C)ccc1OC(C)C.Cn1ncc2c1-c1ccccc1OC21CCN(C(=O)c2cncc(-c3ccccc3)c2)CC1.O=C(c1cccc(F)c1)N1CCC2(CC1)Oc1cc(Cl)ccc1-n1cccc12. The molecule has 13 heterocycles. The highest BCUT2D eigenvalue weighted by molar-refractivity contribution is 6.30. The minimum atomic E-state index is -0.500. The minimum Gasteiger partial charge on any atom is -0.491 e. The fraction of sp³-hybridized carbons (Fsp3) is 0.314. The molecule has 0 bridgehead atoms. The molecule has 0 atom stereocenters. The first-order chi connectivity index (χ1) is 61.4. The standard InChI is InChI=1S/C27H24N4O2.C27H31N3O3.C26H29N3O4.C22H18ClFN2O2/c1-30-25-22-9-5-6-10-24(22)33-27(23(25)18-29-30)11-13-31(14-12-27)26(32)21-15-20(16-28-17-21)19-7-3-2-4-8-19;1-17(2)32-22-11-10-20(16-18(22)3)26(31)30-14-12-27(13-15-30)24-19(4)28-29(5)25(24)21-8-6-7-9-23(21)33-27;1-17(2)32-22-9-8-18(14-19(22)16-30)25(31)29-12-10-26(11-13-29)21-15-28(3)27-24(21)20-6-4-5-7-23(20)33-26;23-16-6-7-18-19(14-16)28-22(20-5-2-10-26(18)20)8-11-25(12-9-22)21(27)15-3-1-4-17(24)13-15/h2-10,15-18H,11-14H2,1H3;6-11,16-17H,12-15H2,1-5H3;4-9,14-15,17,30H,10-13,16H2,1-3H3;1-7,10,13-14H,8-9,11-12H2. The molecular weight excluding hydrogens is 1620 g/mol. The molecule has 127 heavy (non-hydrogen) atoms. The number of para-hydroxylation sites is 3. The second-order valence-electron chi connectivity index (χ2n) is 34.6. The van der Waals surface area contributed by atoms with E-state index in [-0.39, 0.29) is 42.4 Å². The third-order valence-electron chi connectivity index (χ3n) is 25.7. The van der Waals surface area contributed by atoms with Gasteiger partial charge in [0.2, 0.25) is 0 Å². The van der Waals surface area contributed by atoms with Crippen molar-refractivity contribution >= 4 is 35.2 Å². The maximum atomic E-state index is 13.5. The van der Waals surface area contributed by atoms with E-state index in [0.29, 0.717) is 117 Å². The van der Waals surface area contributed by atoms with E-state index in [1.807, 2.05) is 243 Å². The number of aryl methyl sites for hydroxylation is 5. The number of halogens is 2. The van der Waals surface area contributed by atoms with Gasteiger partial charge < -0.3 is 57.7 Å². The summed E-state index contributed by atoms with van der Waals surface area (Å²) in [6.45, 7) is 16.5. The van der Waals surface area contributed by atoms with Crippen LogP contribution in [0.2, 0.25) is 5.02 Å². The lowest BCUT2D eigenvalue weighted by Crippen LogP contribution is -2.50. The summed E-state index contributed by atoms with van der Waals surface area (Å²) in [7, 11) is 5.90. The van der Waals surface area contributed by atoms with Crippen LogP contribution in [0.3, 0.4) is 0 Å². The van der Waals surface area contributed by atoms with Gasteiger partial charge in [-0.3, -0.25) is 38.2 Å². The Morgan fingerprint density at radius 2 is 0.992 bits per heavy atom. The highest BCUT2D eigenvalue weighted by Gasteiger charge is 2.51. The van der Waals surface area contributed by atoms with Crippen LogP contribution in [0, 0.1) is 19.7 Å². The number of aromatic nitrogens is 8. The monoisotopic (exact) mass is 1720 g/mol. The van der Waals surface area contributed by atoms with E-state index in [9.17, 15) is 28.7 Å². The molecule has 0 saturated carbocycles. The van der Waals surface area contributed by atoms with E-state index in [4.69, 9.17) is 50.2 Å². The molecule has 650 valence electrons. The van der Waals surface area contributed by atoms with Crippen molar-refractivity contribution < 1.29 is 57.1 Å².